The van der Waals surface area contributed by atoms with Crippen molar-refractivity contribution < 1.29 is 14.3 Å². The number of carbonyl (C=O) groups excluding carboxylic acids is 1. The first-order valence-electron chi connectivity index (χ1n) is 6.27. The summed E-state index contributed by atoms with van der Waals surface area (Å²) < 4.78 is 10.2. The highest BCUT2D eigenvalue weighted by molar-refractivity contribution is 5.75. The molecule has 0 heterocycles. The van der Waals surface area contributed by atoms with Crippen LogP contribution >= 0.6 is 0 Å². The number of esters is 1. The highest BCUT2D eigenvalue weighted by atomic mass is 16.5. The second-order valence-corrected chi connectivity index (χ2v) is 3.95. The van der Waals surface area contributed by atoms with E-state index < -0.39 is 0 Å². The summed E-state index contributed by atoms with van der Waals surface area (Å²) in [5, 5.41) is 3.15. The van der Waals surface area contributed by atoms with Crippen molar-refractivity contribution in [3.05, 3.63) is 30.3 Å². The molecule has 1 atom stereocenters. The summed E-state index contributed by atoms with van der Waals surface area (Å²) in [4.78, 5) is 11.3. The van der Waals surface area contributed by atoms with Crippen molar-refractivity contribution in [2.75, 3.05) is 20.3 Å². The van der Waals surface area contributed by atoms with Gasteiger partial charge in [-0.15, -0.1) is 0 Å². The summed E-state index contributed by atoms with van der Waals surface area (Å²) in [6, 6.07) is 9.48. The minimum atomic E-state index is -0.216. The monoisotopic (exact) mass is 251 g/mol. The molecule has 0 aliphatic heterocycles. The zero-order valence-corrected chi connectivity index (χ0v) is 11.0. The Balaban J connectivity index is 2.13. The van der Waals surface area contributed by atoms with Gasteiger partial charge in [0.1, 0.15) is 11.8 Å². The summed E-state index contributed by atoms with van der Waals surface area (Å²) in [5.74, 6) is 0.666. The van der Waals surface area contributed by atoms with Gasteiger partial charge in [0.15, 0.2) is 0 Å². The fourth-order valence-corrected chi connectivity index (χ4v) is 1.59. The van der Waals surface area contributed by atoms with Gasteiger partial charge < -0.3 is 14.8 Å². The number of hydrogen-bond donors (Lipinski definition) is 1. The normalized spacial score (nSPS) is 11.9. The van der Waals surface area contributed by atoms with Crippen LogP contribution in [0.5, 0.6) is 5.75 Å². The Morgan fingerprint density at radius 2 is 2.06 bits per heavy atom. The van der Waals surface area contributed by atoms with Crippen molar-refractivity contribution in [3.63, 3.8) is 0 Å². The van der Waals surface area contributed by atoms with Gasteiger partial charge in [-0.3, -0.25) is 4.79 Å². The minimum absolute atomic E-state index is 0.207. The molecule has 0 aromatic heterocycles. The van der Waals surface area contributed by atoms with Crippen molar-refractivity contribution in [1.29, 1.82) is 0 Å². The van der Waals surface area contributed by atoms with Gasteiger partial charge in [0.2, 0.25) is 0 Å². The van der Waals surface area contributed by atoms with Crippen LogP contribution < -0.4 is 10.1 Å². The Labute approximate surface area is 108 Å². The smallest absolute Gasteiger partial charge is 0.322 e. The maximum absolute atomic E-state index is 11.3. The Morgan fingerprint density at radius 1 is 1.33 bits per heavy atom. The van der Waals surface area contributed by atoms with E-state index in [1.807, 2.05) is 37.3 Å². The molecule has 0 saturated heterocycles. The van der Waals surface area contributed by atoms with E-state index in [9.17, 15) is 4.79 Å². The first-order chi connectivity index (χ1) is 8.77. The first-order valence-corrected chi connectivity index (χ1v) is 6.27. The number of para-hydroxylation sites is 1. The summed E-state index contributed by atoms with van der Waals surface area (Å²) >= 11 is 0. The Kier molecular flexibility index (Phi) is 6.87. The first kappa shape index (κ1) is 14.5. The van der Waals surface area contributed by atoms with Gasteiger partial charge in [-0.1, -0.05) is 25.1 Å². The van der Waals surface area contributed by atoms with Gasteiger partial charge in [-0.2, -0.15) is 0 Å². The van der Waals surface area contributed by atoms with Crippen molar-refractivity contribution in [1.82, 2.24) is 5.32 Å². The highest BCUT2D eigenvalue weighted by Crippen LogP contribution is 2.08. The van der Waals surface area contributed by atoms with Gasteiger partial charge >= 0.3 is 5.97 Å². The van der Waals surface area contributed by atoms with Crippen LogP contribution in [-0.2, 0) is 9.53 Å². The van der Waals surface area contributed by atoms with E-state index in [4.69, 9.17) is 9.47 Å². The van der Waals surface area contributed by atoms with E-state index in [0.29, 0.717) is 6.61 Å². The summed E-state index contributed by atoms with van der Waals surface area (Å²) in [7, 11) is 1.41. The van der Waals surface area contributed by atoms with Gasteiger partial charge in [0, 0.05) is 0 Å². The molecule has 0 aliphatic carbocycles. The number of ether oxygens (including phenoxy) is 2. The van der Waals surface area contributed by atoms with Crippen molar-refractivity contribution in [3.8, 4) is 5.75 Å². The predicted octanol–water partition coefficient (Wildman–Crippen LogP) is 2.00. The number of nitrogens with one attached hydrogen (secondary N) is 1. The number of carbonyl (C=O) groups is 1. The molecule has 100 valence electrons. The van der Waals surface area contributed by atoms with Gasteiger partial charge in [-0.25, -0.2) is 0 Å². The van der Waals surface area contributed by atoms with Crippen LogP contribution in [0.25, 0.3) is 0 Å². The maximum Gasteiger partial charge on any atom is 0.322 e. The third-order valence-electron chi connectivity index (χ3n) is 2.62. The predicted molar refractivity (Wildman–Crippen MR) is 70.7 cm³/mol. The molecule has 0 spiro atoms. The topological polar surface area (TPSA) is 47.6 Å². The molecule has 0 amide bonds. The summed E-state index contributed by atoms with van der Waals surface area (Å²) in [5.41, 5.74) is 0. The fourth-order valence-electron chi connectivity index (χ4n) is 1.59. The Morgan fingerprint density at radius 3 is 2.67 bits per heavy atom. The van der Waals surface area contributed by atoms with E-state index in [1.54, 1.807) is 0 Å². The Hall–Kier alpha value is -1.55. The highest BCUT2D eigenvalue weighted by Gasteiger charge is 2.14. The molecule has 1 aromatic carbocycles. The zero-order valence-electron chi connectivity index (χ0n) is 11.0. The third-order valence-corrected chi connectivity index (χ3v) is 2.62. The molecular formula is C14H21NO3. The molecule has 0 aliphatic rings. The van der Waals surface area contributed by atoms with Crippen LogP contribution in [0.1, 0.15) is 19.8 Å². The lowest BCUT2D eigenvalue weighted by molar-refractivity contribution is -0.143. The molecule has 1 unspecified atom stereocenters. The van der Waals surface area contributed by atoms with Crippen molar-refractivity contribution >= 4 is 5.97 Å². The van der Waals surface area contributed by atoms with E-state index >= 15 is 0 Å². The SMILES string of the molecule is CCC(NCCCOc1ccccc1)C(=O)OC. The lowest BCUT2D eigenvalue weighted by Crippen LogP contribution is -2.37. The summed E-state index contributed by atoms with van der Waals surface area (Å²) in [6.07, 6.45) is 1.58. The molecule has 4 nitrogen and oxygen atoms in total. The van der Waals surface area contributed by atoms with E-state index in [-0.39, 0.29) is 12.0 Å². The molecule has 0 saturated carbocycles. The lowest BCUT2D eigenvalue weighted by atomic mass is 10.2. The van der Waals surface area contributed by atoms with Gasteiger partial charge in [-0.05, 0) is 31.5 Å². The number of methoxy groups -OCH3 is 1. The molecule has 4 heteroatoms. The second-order valence-electron chi connectivity index (χ2n) is 3.95. The lowest BCUT2D eigenvalue weighted by Gasteiger charge is -2.14. The van der Waals surface area contributed by atoms with Crippen LogP contribution in [0.15, 0.2) is 30.3 Å². The number of rotatable bonds is 8. The second kappa shape index (κ2) is 8.53. The van der Waals surface area contributed by atoms with Crippen LogP contribution in [0.4, 0.5) is 0 Å². The molecule has 1 rings (SSSR count). The Bertz CT molecular complexity index is 340. The molecule has 0 fully saturated rings. The van der Waals surface area contributed by atoms with Gasteiger partial charge in [0.05, 0.1) is 13.7 Å². The van der Waals surface area contributed by atoms with Crippen molar-refractivity contribution in [2.24, 2.45) is 0 Å². The number of hydrogen-bond acceptors (Lipinski definition) is 4. The quantitative estimate of drug-likeness (QED) is 0.567. The number of benzene rings is 1. The molecule has 0 radical (unpaired) electrons. The molecule has 18 heavy (non-hydrogen) atoms. The standard InChI is InChI=1S/C14H21NO3/c1-3-13(14(16)17-2)15-10-7-11-18-12-8-5-4-6-9-12/h4-6,8-9,13,15H,3,7,10-11H2,1-2H3. The molecule has 0 bridgehead atoms. The molecular weight excluding hydrogens is 230 g/mol. The molecule has 1 aromatic rings. The van der Waals surface area contributed by atoms with Crippen LogP contribution in [0, 0.1) is 0 Å². The zero-order chi connectivity index (χ0) is 13.2. The van der Waals surface area contributed by atoms with E-state index in [0.717, 1.165) is 25.1 Å². The maximum atomic E-state index is 11.3. The van der Waals surface area contributed by atoms with Crippen LogP contribution in [-0.4, -0.2) is 32.3 Å². The fraction of sp³-hybridized carbons (Fsp3) is 0.500. The van der Waals surface area contributed by atoms with E-state index in [1.165, 1.54) is 7.11 Å². The average Bonchev–Trinajstić information content (AvgIpc) is 2.43. The van der Waals surface area contributed by atoms with Gasteiger partial charge in [0.25, 0.3) is 0 Å². The minimum Gasteiger partial charge on any atom is -0.494 e. The van der Waals surface area contributed by atoms with Crippen molar-refractivity contribution in [2.45, 2.75) is 25.8 Å². The third kappa shape index (κ3) is 5.19. The molecule has 1 N–H and O–H groups in total. The van der Waals surface area contributed by atoms with E-state index in [2.05, 4.69) is 5.32 Å². The van der Waals surface area contributed by atoms with Crippen LogP contribution in [0.3, 0.4) is 0 Å². The summed E-state index contributed by atoms with van der Waals surface area (Å²) in [6.45, 7) is 3.32. The van der Waals surface area contributed by atoms with Crippen LogP contribution in [0.2, 0.25) is 0 Å². The largest absolute Gasteiger partial charge is 0.494 e. The average molecular weight is 251 g/mol.